The molecule has 104 valence electrons. The van der Waals surface area contributed by atoms with Crippen molar-refractivity contribution in [2.24, 2.45) is 0 Å². The van der Waals surface area contributed by atoms with E-state index in [0.717, 1.165) is 27.0 Å². The van der Waals surface area contributed by atoms with E-state index in [4.69, 9.17) is 0 Å². The number of benzene rings is 2. The Morgan fingerprint density at radius 2 is 1.90 bits per heavy atom. The predicted octanol–water partition coefficient (Wildman–Crippen LogP) is 4.99. The number of carbonyl (C=O) groups is 1. The molecule has 20 heavy (non-hydrogen) atoms. The first kappa shape index (κ1) is 15.1. The van der Waals surface area contributed by atoms with Gasteiger partial charge in [0.25, 0.3) is 5.91 Å². The number of hydrogen-bond acceptors (Lipinski definition) is 2. The van der Waals surface area contributed by atoms with Crippen LogP contribution in [0.3, 0.4) is 0 Å². The first-order chi connectivity index (χ1) is 9.63. The molecule has 0 fully saturated rings. The highest BCUT2D eigenvalue weighted by atomic mass is 79.9. The van der Waals surface area contributed by atoms with Gasteiger partial charge in [0, 0.05) is 20.6 Å². The molecule has 0 saturated heterocycles. The average Bonchev–Trinajstić information content (AvgIpc) is 2.49. The van der Waals surface area contributed by atoms with Crippen molar-refractivity contribution in [3.8, 4) is 0 Å². The van der Waals surface area contributed by atoms with Crippen molar-refractivity contribution in [3.05, 3.63) is 58.1 Å². The minimum atomic E-state index is -0.0744. The van der Waals surface area contributed by atoms with E-state index < -0.39 is 0 Å². The van der Waals surface area contributed by atoms with Gasteiger partial charge >= 0.3 is 0 Å². The summed E-state index contributed by atoms with van der Waals surface area (Å²) in [6.07, 6.45) is 2.89. The lowest BCUT2D eigenvalue weighted by atomic mass is 10.1. The maximum Gasteiger partial charge on any atom is 0.255 e. The van der Waals surface area contributed by atoms with Crippen LogP contribution in [0.2, 0.25) is 0 Å². The molecule has 2 aromatic carbocycles. The molecule has 2 nitrogen and oxygen atoms in total. The Kier molecular flexibility index (Phi) is 5.26. The topological polar surface area (TPSA) is 29.1 Å². The highest BCUT2D eigenvalue weighted by Crippen LogP contribution is 2.22. The van der Waals surface area contributed by atoms with Crippen LogP contribution in [0, 0.1) is 0 Å². The minimum Gasteiger partial charge on any atom is -0.322 e. The molecule has 0 unspecified atom stereocenters. The molecule has 0 aliphatic rings. The number of rotatable bonds is 4. The Balaban J connectivity index is 2.18. The molecule has 0 bridgehead atoms. The van der Waals surface area contributed by atoms with Crippen molar-refractivity contribution in [1.82, 2.24) is 0 Å². The van der Waals surface area contributed by atoms with E-state index in [1.165, 1.54) is 0 Å². The van der Waals surface area contributed by atoms with Crippen LogP contribution in [-0.4, -0.2) is 12.2 Å². The van der Waals surface area contributed by atoms with Gasteiger partial charge in [-0.2, -0.15) is 0 Å². The Labute approximate surface area is 132 Å². The number of nitrogens with one attached hydrogen (secondary N) is 1. The summed E-state index contributed by atoms with van der Waals surface area (Å²) >= 11 is 5.11. The summed E-state index contributed by atoms with van der Waals surface area (Å²) in [5, 5.41) is 2.98. The number of anilines is 1. The van der Waals surface area contributed by atoms with Crippen LogP contribution in [0.4, 0.5) is 5.69 Å². The van der Waals surface area contributed by atoms with Crippen molar-refractivity contribution in [1.29, 1.82) is 0 Å². The summed E-state index contributed by atoms with van der Waals surface area (Å²) in [5.74, 6) is -0.0744. The van der Waals surface area contributed by atoms with Crippen LogP contribution in [0.25, 0.3) is 0 Å². The first-order valence-corrected chi connectivity index (χ1v) is 8.39. The fourth-order valence-electron chi connectivity index (χ4n) is 1.91. The van der Waals surface area contributed by atoms with E-state index in [0.29, 0.717) is 5.56 Å². The van der Waals surface area contributed by atoms with Gasteiger partial charge in [-0.3, -0.25) is 4.79 Å². The van der Waals surface area contributed by atoms with Gasteiger partial charge in [0.05, 0.1) is 0 Å². The van der Waals surface area contributed by atoms with Crippen LogP contribution in [0.15, 0.2) is 51.8 Å². The summed E-state index contributed by atoms with van der Waals surface area (Å²) in [6.45, 7) is 2.07. The molecular formula is C16H16BrNOS. The Morgan fingerprint density at radius 3 is 2.50 bits per heavy atom. The third-order valence-electron chi connectivity index (χ3n) is 3.05. The lowest BCUT2D eigenvalue weighted by molar-refractivity contribution is 0.102. The van der Waals surface area contributed by atoms with Gasteiger partial charge in [0.2, 0.25) is 0 Å². The number of carbonyl (C=O) groups excluding carboxylic acids is 1. The van der Waals surface area contributed by atoms with E-state index >= 15 is 0 Å². The lowest BCUT2D eigenvalue weighted by Crippen LogP contribution is -2.13. The highest BCUT2D eigenvalue weighted by Gasteiger charge is 2.08. The van der Waals surface area contributed by atoms with Crippen LogP contribution >= 0.6 is 27.7 Å². The average molecular weight is 350 g/mol. The van der Waals surface area contributed by atoms with Crippen LogP contribution < -0.4 is 5.32 Å². The molecule has 0 spiro atoms. The maximum absolute atomic E-state index is 12.2. The largest absolute Gasteiger partial charge is 0.322 e. The molecule has 0 radical (unpaired) electrons. The SMILES string of the molecule is CCc1cc(Br)ccc1NC(=O)c1ccc(SC)cc1. The first-order valence-electron chi connectivity index (χ1n) is 6.38. The fraction of sp³-hybridized carbons (Fsp3) is 0.188. The quantitative estimate of drug-likeness (QED) is 0.788. The second-order valence-corrected chi connectivity index (χ2v) is 6.13. The van der Waals surface area contributed by atoms with E-state index in [9.17, 15) is 4.79 Å². The van der Waals surface area contributed by atoms with Crippen molar-refractivity contribution in [2.45, 2.75) is 18.2 Å². The third-order valence-corrected chi connectivity index (χ3v) is 4.29. The van der Waals surface area contributed by atoms with Gasteiger partial charge in [-0.25, -0.2) is 0 Å². The fourth-order valence-corrected chi connectivity index (χ4v) is 2.73. The molecule has 2 aromatic rings. The zero-order chi connectivity index (χ0) is 14.5. The van der Waals surface area contributed by atoms with E-state index in [1.807, 2.05) is 48.7 Å². The number of thioether (sulfide) groups is 1. The van der Waals surface area contributed by atoms with Crippen molar-refractivity contribution < 1.29 is 4.79 Å². The Bertz CT molecular complexity index is 610. The molecule has 0 aliphatic heterocycles. The molecule has 0 saturated carbocycles. The number of aryl methyl sites for hydroxylation is 1. The Hall–Kier alpha value is -1.26. The molecular weight excluding hydrogens is 334 g/mol. The van der Waals surface area contributed by atoms with Crippen LogP contribution in [-0.2, 0) is 6.42 Å². The summed E-state index contributed by atoms with van der Waals surface area (Å²) in [5.41, 5.74) is 2.66. The Morgan fingerprint density at radius 1 is 1.20 bits per heavy atom. The summed E-state index contributed by atoms with van der Waals surface area (Å²) in [4.78, 5) is 13.4. The zero-order valence-corrected chi connectivity index (χ0v) is 13.8. The molecule has 2 rings (SSSR count). The maximum atomic E-state index is 12.2. The normalized spacial score (nSPS) is 10.3. The number of amides is 1. The van der Waals surface area contributed by atoms with Crippen LogP contribution in [0.1, 0.15) is 22.8 Å². The molecule has 0 aliphatic carbocycles. The van der Waals surface area contributed by atoms with Gasteiger partial charge in [0.1, 0.15) is 0 Å². The standard InChI is InChI=1S/C16H16BrNOS/c1-3-11-10-13(17)6-9-15(11)18-16(19)12-4-7-14(20-2)8-5-12/h4-10H,3H2,1-2H3,(H,18,19). The lowest BCUT2D eigenvalue weighted by Gasteiger charge is -2.10. The zero-order valence-electron chi connectivity index (χ0n) is 11.4. The van der Waals surface area contributed by atoms with E-state index in [2.05, 4.69) is 28.2 Å². The second kappa shape index (κ2) is 6.95. The van der Waals surface area contributed by atoms with Crippen molar-refractivity contribution in [2.75, 3.05) is 11.6 Å². The van der Waals surface area contributed by atoms with Gasteiger partial charge < -0.3 is 5.32 Å². The predicted molar refractivity (Wildman–Crippen MR) is 89.7 cm³/mol. The van der Waals surface area contributed by atoms with Crippen molar-refractivity contribution in [3.63, 3.8) is 0 Å². The molecule has 1 N–H and O–H groups in total. The second-order valence-electron chi connectivity index (χ2n) is 4.34. The molecule has 1 amide bonds. The molecule has 0 atom stereocenters. The van der Waals surface area contributed by atoms with Crippen molar-refractivity contribution >= 4 is 39.3 Å². The van der Waals surface area contributed by atoms with Crippen LogP contribution in [0.5, 0.6) is 0 Å². The summed E-state index contributed by atoms with van der Waals surface area (Å²) in [6, 6.07) is 13.5. The molecule has 4 heteroatoms. The van der Waals surface area contributed by atoms with Gasteiger partial charge in [-0.05, 0) is 60.7 Å². The molecule has 0 heterocycles. The third kappa shape index (κ3) is 3.64. The number of hydrogen-bond donors (Lipinski definition) is 1. The van der Waals surface area contributed by atoms with Gasteiger partial charge in [-0.15, -0.1) is 11.8 Å². The summed E-state index contributed by atoms with van der Waals surface area (Å²) in [7, 11) is 0. The van der Waals surface area contributed by atoms with Gasteiger partial charge in [0.15, 0.2) is 0 Å². The smallest absolute Gasteiger partial charge is 0.255 e. The monoisotopic (exact) mass is 349 g/mol. The minimum absolute atomic E-state index is 0.0744. The van der Waals surface area contributed by atoms with E-state index in [-0.39, 0.29) is 5.91 Å². The number of halogens is 1. The summed E-state index contributed by atoms with van der Waals surface area (Å²) < 4.78 is 1.02. The van der Waals surface area contributed by atoms with Gasteiger partial charge in [-0.1, -0.05) is 22.9 Å². The highest BCUT2D eigenvalue weighted by molar-refractivity contribution is 9.10. The molecule has 0 aromatic heterocycles. The van der Waals surface area contributed by atoms with E-state index in [1.54, 1.807) is 11.8 Å².